The third-order valence-corrected chi connectivity index (χ3v) is 0. The SMILES string of the molecule is S.S.[Na+].[Na+].[S-2]. The molecule has 0 aliphatic heterocycles. The zero-order valence-corrected chi connectivity index (χ0v) is 10.2. The zero-order chi connectivity index (χ0) is 0. The van der Waals surface area contributed by atoms with Crippen LogP contribution in [0, 0.1) is 0 Å². The molecule has 0 fully saturated rings. The minimum absolute atomic E-state index is 0. The molecule has 0 rings (SSSR count). The van der Waals surface area contributed by atoms with Gasteiger partial charge in [-0.25, -0.2) is 0 Å². The summed E-state index contributed by atoms with van der Waals surface area (Å²) in [5.74, 6) is 0. The van der Waals surface area contributed by atoms with E-state index in [1.54, 1.807) is 0 Å². The van der Waals surface area contributed by atoms with Crippen molar-refractivity contribution in [2.24, 2.45) is 0 Å². The van der Waals surface area contributed by atoms with Gasteiger partial charge in [-0.15, -0.1) is 0 Å². The van der Waals surface area contributed by atoms with Gasteiger partial charge in [-0.1, -0.05) is 0 Å². The Labute approximate surface area is 97.8 Å². The average Bonchev–Trinajstić information content (AvgIpc) is 0. The third-order valence-electron chi connectivity index (χ3n) is 0. The maximum Gasteiger partial charge on any atom is 1.00 e. The van der Waals surface area contributed by atoms with Gasteiger partial charge >= 0.3 is 59.1 Å². The molecule has 0 unspecified atom stereocenters. The molecule has 0 heterocycles. The van der Waals surface area contributed by atoms with Gasteiger partial charge in [0.05, 0.1) is 0 Å². The second kappa shape index (κ2) is 27.7. The van der Waals surface area contributed by atoms with Crippen LogP contribution in [-0.2, 0) is 13.5 Å². The molecule has 0 spiro atoms. The Hall–Kier alpha value is 3.05. The van der Waals surface area contributed by atoms with Crippen molar-refractivity contribution >= 4 is 40.5 Å². The summed E-state index contributed by atoms with van der Waals surface area (Å²) >= 11 is 0. The smallest absolute Gasteiger partial charge is 1.00 e. The molecule has 0 saturated carbocycles. The van der Waals surface area contributed by atoms with Crippen molar-refractivity contribution in [3.05, 3.63) is 0 Å². The van der Waals surface area contributed by atoms with E-state index in [-0.39, 0.29) is 99.6 Å². The fraction of sp³-hybridized carbons (Fsp3) is 0. The third kappa shape index (κ3) is 19.3. The normalized spacial score (nSPS) is 0. The summed E-state index contributed by atoms with van der Waals surface area (Å²) < 4.78 is 0. The van der Waals surface area contributed by atoms with E-state index >= 15 is 0 Å². The van der Waals surface area contributed by atoms with Gasteiger partial charge in [-0.05, 0) is 0 Å². The molecule has 0 saturated heterocycles. The van der Waals surface area contributed by atoms with Gasteiger partial charge in [-0.2, -0.15) is 27.0 Å². The first-order chi connectivity index (χ1) is 0. The number of rotatable bonds is 0. The molecule has 0 aromatic rings. The van der Waals surface area contributed by atoms with Crippen molar-refractivity contribution in [1.82, 2.24) is 0 Å². The first-order valence-corrected chi connectivity index (χ1v) is 0. The topological polar surface area (TPSA) is 0 Å². The summed E-state index contributed by atoms with van der Waals surface area (Å²) in [7, 11) is 0. The standard InChI is InChI=1S/2Na.2H2S.S/h;;2*1H2;/q2*+1;;;-2. The van der Waals surface area contributed by atoms with Crippen LogP contribution in [0.15, 0.2) is 0 Å². The van der Waals surface area contributed by atoms with Gasteiger partial charge in [0, 0.05) is 0 Å². The number of hydrogen-bond acceptors (Lipinski definition) is 0. The molecule has 0 radical (unpaired) electrons. The summed E-state index contributed by atoms with van der Waals surface area (Å²) in [5.41, 5.74) is 0. The molecule has 24 valence electrons. The zero-order valence-electron chi connectivity index (χ0n) is 3.41. The van der Waals surface area contributed by atoms with Gasteiger partial charge in [0.2, 0.25) is 0 Å². The summed E-state index contributed by atoms with van der Waals surface area (Å²) in [5, 5.41) is 0. The maximum atomic E-state index is 0. The van der Waals surface area contributed by atoms with E-state index in [1.165, 1.54) is 0 Å². The van der Waals surface area contributed by atoms with Crippen LogP contribution in [0.3, 0.4) is 0 Å². The fourth-order valence-corrected chi connectivity index (χ4v) is 0. The van der Waals surface area contributed by atoms with Crippen molar-refractivity contribution in [2.45, 2.75) is 0 Å². The van der Waals surface area contributed by atoms with Crippen LogP contribution in [0.25, 0.3) is 0 Å². The molecule has 0 aromatic carbocycles. The van der Waals surface area contributed by atoms with E-state index in [0.29, 0.717) is 0 Å². The molecule has 0 amide bonds. The quantitative estimate of drug-likeness (QED) is 0.299. The molecule has 0 aliphatic rings. The molecule has 0 bridgehead atoms. The van der Waals surface area contributed by atoms with Crippen LogP contribution in [0.1, 0.15) is 0 Å². The van der Waals surface area contributed by atoms with Crippen molar-refractivity contribution in [3.8, 4) is 0 Å². The number of hydrogen-bond donors (Lipinski definition) is 0. The molecular formula is H4Na2S3. The van der Waals surface area contributed by atoms with E-state index in [4.69, 9.17) is 0 Å². The van der Waals surface area contributed by atoms with Crippen molar-refractivity contribution in [1.29, 1.82) is 0 Å². The summed E-state index contributed by atoms with van der Waals surface area (Å²) in [4.78, 5) is 0. The predicted octanol–water partition coefficient (Wildman–Crippen LogP) is -5.77. The van der Waals surface area contributed by atoms with Crippen LogP contribution in [0.2, 0.25) is 0 Å². The Balaban J connectivity index is 0. The van der Waals surface area contributed by atoms with Crippen LogP contribution >= 0.6 is 27.0 Å². The van der Waals surface area contributed by atoms with E-state index in [2.05, 4.69) is 0 Å². The Morgan fingerprint density at radius 1 is 0.600 bits per heavy atom. The Morgan fingerprint density at radius 3 is 0.600 bits per heavy atom. The molecule has 5 heavy (non-hydrogen) atoms. The molecule has 0 aromatic heterocycles. The molecule has 5 heteroatoms. The van der Waals surface area contributed by atoms with Gasteiger partial charge in [-0.3, -0.25) is 0 Å². The van der Waals surface area contributed by atoms with Crippen LogP contribution in [0.5, 0.6) is 0 Å². The van der Waals surface area contributed by atoms with Crippen LogP contribution < -0.4 is 59.1 Å². The van der Waals surface area contributed by atoms with Crippen LogP contribution in [-0.4, -0.2) is 0 Å². The Bertz CT molecular complexity index is 4.85. The predicted molar refractivity (Wildman–Crippen MR) is 28.1 cm³/mol. The van der Waals surface area contributed by atoms with Crippen LogP contribution in [0.4, 0.5) is 0 Å². The van der Waals surface area contributed by atoms with Gasteiger partial charge in [0.25, 0.3) is 0 Å². The van der Waals surface area contributed by atoms with E-state index in [9.17, 15) is 0 Å². The van der Waals surface area contributed by atoms with Gasteiger partial charge in [0.1, 0.15) is 0 Å². The first-order valence-electron chi connectivity index (χ1n) is 0. The van der Waals surface area contributed by atoms with E-state index in [1.807, 2.05) is 0 Å². The largest absolute Gasteiger partial charge is 2.00 e. The summed E-state index contributed by atoms with van der Waals surface area (Å²) in [6.07, 6.45) is 0. The summed E-state index contributed by atoms with van der Waals surface area (Å²) in [6, 6.07) is 0. The summed E-state index contributed by atoms with van der Waals surface area (Å²) in [6.45, 7) is 0. The molecule has 0 aliphatic carbocycles. The minimum atomic E-state index is 0. The molecule has 0 atom stereocenters. The van der Waals surface area contributed by atoms with Gasteiger partial charge < -0.3 is 13.5 Å². The molecule has 0 N–H and O–H groups in total. The molecule has 0 nitrogen and oxygen atoms in total. The first kappa shape index (κ1) is 43.0. The molecular weight excluding hydrogens is 142 g/mol. The minimum Gasteiger partial charge on any atom is -2.00 e. The van der Waals surface area contributed by atoms with Crippen molar-refractivity contribution in [2.75, 3.05) is 0 Å². The second-order valence-corrected chi connectivity index (χ2v) is 0. The van der Waals surface area contributed by atoms with Crippen molar-refractivity contribution < 1.29 is 59.1 Å². The monoisotopic (exact) mass is 146 g/mol. The second-order valence-electron chi connectivity index (χ2n) is 0. The van der Waals surface area contributed by atoms with Crippen molar-refractivity contribution in [3.63, 3.8) is 0 Å². The van der Waals surface area contributed by atoms with E-state index < -0.39 is 0 Å². The Kier molecular flexibility index (Phi) is 239. The fourth-order valence-electron chi connectivity index (χ4n) is 0. The van der Waals surface area contributed by atoms with E-state index in [0.717, 1.165) is 0 Å². The maximum absolute atomic E-state index is 0. The average molecular weight is 146 g/mol. The Morgan fingerprint density at radius 2 is 0.600 bits per heavy atom. The van der Waals surface area contributed by atoms with Gasteiger partial charge in [0.15, 0.2) is 0 Å².